The van der Waals surface area contributed by atoms with Gasteiger partial charge in [-0.1, -0.05) is 6.07 Å². The number of aryl methyl sites for hydroxylation is 1. The van der Waals surface area contributed by atoms with Gasteiger partial charge in [-0.2, -0.15) is 0 Å². The molecule has 2 amide bonds. The fourth-order valence-corrected chi connectivity index (χ4v) is 3.74. The highest BCUT2D eigenvalue weighted by molar-refractivity contribution is 6.03. The highest BCUT2D eigenvalue weighted by Crippen LogP contribution is 2.25. The van der Waals surface area contributed by atoms with E-state index in [2.05, 4.69) is 20.3 Å². The van der Waals surface area contributed by atoms with Crippen LogP contribution in [0.1, 0.15) is 26.7 Å². The molecule has 10 nitrogen and oxygen atoms in total. The Morgan fingerprint density at radius 2 is 1.92 bits per heavy atom. The molecule has 1 aromatic carbocycles. The largest absolute Gasteiger partial charge is 0.497 e. The number of nitrogens with one attached hydrogen (secondary N) is 1. The fourth-order valence-electron chi connectivity index (χ4n) is 3.74. The second-order valence-corrected chi connectivity index (χ2v) is 7.91. The molecule has 0 spiro atoms. The molecule has 4 aromatic heterocycles. The van der Waals surface area contributed by atoms with E-state index in [-0.39, 0.29) is 17.1 Å². The van der Waals surface area contributed by atoms with Crippen molar-refractivity contribution in [3.8, 4) is 23.0 Å². The maximum absolute atomic E-state index is 14.3. The Morgan fingerprint density at radius 1 is 1.08 bits per heavy atom. The zero-order valence-corrected chi connectivity index (χ0v) is 19.3. The van der Waals surface area contributed by atoms with Crippen LogP contribution in [0.5, 0.6) is 5.75 Å². The van der Waals surface area contributed by atoms with E-state index >= 15 is 0 Å². The van der Waals surface area contributed by atoms with Crippen LogP contribution < -0.4 is 15.8 Å². The van der Waals surface area contributed by atoms with Crippen molar-refractivity contribution < 1.29 is 18.7 Å². The molecule has 0 aliphatic carbocycles. The third-order valence-electron chi connectivity index (χ3n) is 5.50. The quantitative estimate of drug-likeness (QED) is 0.379. The molecule has 0 aliphatic rings. The van der Waals surface area contributed by atoms with Crippen LogP contribution in [0.3, 0.4) is 0 Å². The molecule has 0 saturated heterocycles. The number of halogens is 1. The van der Waals surface area contributed by atoms with Crippen LogP contribution in [0, 0.1) is 12.7 Å². The number of primary amides is 1. The minimum Gasteiger partial charge on any atom is -0.497 e. The summed E-state index contributed by atoms with van der Waals surface area (Å²) in [5.41, 5.74) is 8.03. The number of benzene rings is 1. The minimum absolute atomic E-state index is 0.0244. The predicted octanol–water partition coefficient (Wildman–Crippen LogP) is 3.39. The summed E-state index contributed by atoms with van der Waals surface area (Å²) < 4.78 is 22.6. The number of amides is 2. The molecule has 5 rings (SSSR count). The Morgan fingerprint density at radius 3 is 2.67 bits per heavy atom. The monoisotopic (exact) mass is 485 g/mol. The van der Waals surface area contributed by atoms with Gasteiger partial charge in [-0.15, -0.1) is 0 Å². The number of methoxy groups -OCH3 is 1. The molecule has 0 unspecified atom stereocenters. The Balaban J connectivity index is 1.62. The van der Waals surface area contributed by atoms with Crippen molar-refractivity contribution in [3.05, 3.63) is 90.0 Å². The molecule has 0 fully saturated rings. The number of imidazole rings is 2. The molecule has 5 aromatic rings. The lowest BCUT2D eigenvalue weighted by atomic mass is 10.2. The van der Waals surface area contributed by atoms with Crippen molar-refractivity contribution in [2.45, 2.75) is 6.92 Å². The van der Waals surface area contributed by atoms with Gasteiger partial charge in [0.1, 0.15) is 34.3 Å². The van der Waals surface area contributed by atoms with Crippen molar-refractivity contribution in [1.29, 1.82) is 0 Å². The summed E-state index contributed by atoms with van der Waals surface area (Å²) in [5, 5.41) is 2.54. The summed E-state index contributed by atoms with van der Waals surface area (Å²) in [7, 11) is 1.45. The van der Waals surface area contributed by atoms with E-state index in [0.29, 0.717) is 28.6 Å². The van der Waals surface area contributed by atoms with Gasteiger partial charge in [-0.3, -0.25) is 18.6 Å². The number of aromatic nitrogens is 5. The maximum Gasteiger partial charge on any atom is 0.275 e. The van der Waals surface area contributed by atoms with Gasteiger partial charge in [0.15, 0.2) is 5.82 Å². The number of anilines is 1. The highest BCUT2D eigenvalue weighted by Gasteiger charge is 2.20. The number of carbonyl (C=O) groups excluding carboxylic acids is 2. The molecule has 0 bridgehead atoms. The molecule has 0 radical (unpaired) electrons. The molecule has 0 saturated carbocycles. The van der Waals surface area contributed by atoms with Gasteiger partial charge in [0.2, 0.25) is 0 Å². The molecule has 0 atom stereocenters. The van der Waals surface area contributed by atoms with Crippen LogP contribution in [0.15, 0.2) is 67.1 Å². The summed E-state index contributed by atoms with van der Waals surface area (Å²) in [6, 6.07) is 12.9. The summed E-state index contributed by atoms with van der Waals surface area (Å²) in [6.07, 6.45) is 4.56. The van der Waals surface area contributed by atoms with Gasteiger partial charge in [0.25, 0.3) is 11.8 Å². The second-order valence-electron chi connectivity index (χ2n) is 7.91. The first kappa shape index (κ1) is 22.7. The zero-order chi connectivity index (χ0) is 25.4. The van der Waals surface area contributed by atoms with Gasteiger partial charge in [0, 0.05) is 24.2 Å². The molecular weight excluding hydrogens is 465 g/mol. The summed E-state index contributed by atoms with van der Waals surface area (Å²) >= 11 is 0. The summed E-state index contributed by atoms with van der Waals surface area (Å²) in [6.45, 7) is 1.84. The average molecular weight is 485 g/mol. The molecule has 3 N–H and O–H groups in total. The lowest BCUT2D eigenvalue weighted by Crippen LogP contribution is -2.14. The number of pyridine rings is 2. The van der Waals surface area contributed by atoms with Crippen molar-refractivity contribution in [1.82, 2.24) is 23.9 Å². The number of ether oxygens (including phenoxy) is 1. The first-order chi connectivity index (χ1) is 17.3. The highest BCUT2D eigenvalue weighted by atomic mass is 19.1. The standard InChI is InChI=1S/C25H20FN7O3/c1-14-4-3-5-18(29-14)24-30-20(25(35)31-19-10-16(36-2)7-8-17(19)26)13-32(24)15-6-9-22-28-11-21(23(27)34)33(22)12-15/h3-13H,1-2H3,(H2,27,34)(H,31,35). The van der Waals surface area contributed by atoms with Gasteiger partial charge in [0.05, 0.1) is 24.7 Å². The van der Waals surface area contributed by atoms with E-state index in [1.807, 2.05) is 19.1 Å². The first-order valence-corrected chi connectivity index (χ1v) is 10.8. The molecule has 0 aliphatic heterocycles. The van der Waals surface area contributed by atoms with Crippen LogP contribution in [0.2, 0.25) is 0 Å². The number of carbonyl (C=O) groups is 2. The third kappa shape index (κ3) is 4.13. The number of hydrogen-bond donors (Lipinski definition) is 2. The van der Waals surface area contributed by atoms with Gasteiger partial charge < -0.3 is 15.8 Å². The smallest absolute Gasteiger partial charge is 0.275 e. The maximum atomic E-state index is 14.3. The number of rotatable bonds is 6. The van der Waals surface area contributed by atoms with Gasteiger partial charge in [-0.25, -0.2) is 19.3 Å². The molecule has 11 heteroatoms. The Kier molecular flexibility index (Phi) is 5.65. The van der Waals surface area contributed by atoms with E-state index in [4.69, 9.17) is 10.5 Å². The van der Waals surface area contributed by atoms with Gasteiger partial charge in [-0.05, 0) is 43.3 Å². The van der Waals surface area contributed by atoms with Crippen LogP contribution in [-0.4, -0.2) is 42.8 Å². The fraction of sp³-hybridized carbons (Fsp3) is 0.0800. The molecular formula is C25H20FN7O3. The number of nitrogens with zero attached hydrogens (tertiary/aromatic N) is 5. The topological polar surface area (TPSA) is 129 Å². The van der Waals surface area contributed by atoms with Crippen molar-refractivity contribution in [2.75, 3.05) is 12.4 Å². The predicted molar refractivity (Wildman–Crippen MR) is 130 cm³/mol. The van der Waals surface area contributed by atoms with E-state index in [9.17, 15) is 14.0 Å². The number of nitrogens with two attached hydrogens (primary N) is 1. The molecule has 4 heterocycles. The lowest BCUT2D eigenvalue weighted by molar-refractivity contribution is 0.0992. The zero-order valence-electron chi connectivity index (χ0n) is 19.3. The second kappa shape index (κ2) is 8.95. The summed E-state index contributed by atoms with van der Waals surface area (Å²) in [5.74, 6) is -1.12. The number of fused-ring (bicyclic) bond motifs is 1. The van der Waals surface area contributed by atoms with E-state index in [0.717, 1.165) is 5.69 Å². The van der Waals surface area contributed by atoms with Crippen molar-refractivity contribution >= 4 is 23.1 Å². The van der Waals surface area contributed by atoms with Crippen molar-refractivity contribution in [2.24, 2.45) is 5.73 Å². The van der Waals surface area contributed by atoms with Gasteiger partial charge >= 0.3 is 0 Å². The van der Waals surface area contributed by atoms with Crippen LogP contribution in [-0.2, 0) is 0 Å². The first-order valence-electron chi connectivity index (χ1n) is 10.8. The lowest BCUT2D eigenvalue weighted by Gasteiger charge is -2.09. The average Bonchev–Trinajstić information content (AvgIpc) is 3.50. The van der Waals surface area contributed by atoms with E-state index in [1.54, 1.807) is 33.4 Å². The minimum atomic E-state index is -0.633. The Bertz CT molecular complexity index is 1640. The Hall–Kier alpha value is -5.06. The van der Waals surface area contributed by atoms with Crippen LogP contribution in [0.25, 0.3) is 22.9 Å². The van der Waals surface area contributed by atoms with E-state index < -0.39 is 17.6 Å². The molecule has 180 valence electrons. The van der Waals surface area contributed by atoms with Crippen LogP contribution in [0.4, 0.5) is 10.1 Å². The SMILES string of the molecule is COc1ccc(F)c(NC(=O)c2cn(-c3ccc4ncc(C(N)=O)n4c3)c(-c3cccc(C)n3)n2)c1. The molecule has 36 heavy (non-hydrogen) atoms. The van der Waals surface area contributed by atoms with E-state index in [1.165, 1.54) is 37.7 Å². The van der Waals surface area contributed by atoms with Crippen LogP contribution >= 0.6 is 0 Å². The normalized spacial score (nSPS) is 11.0. The summed E-state index contributed by atoms with van der Waals surface area (Å²) in [4.78, 5) is 38.1. The third-order valence-corrected chi connectivity index (χ3v) is 5.50. The number of hydrogen-bond acceptors (Lipinski definition) is 6. The Labute approximate surface area is 204 Å². The van der Waals surface area contributed by atoms with Crippen molar-refractivity contribution in [3.63, 3.8) is 0 Å².